The molecule has 0 aliphatic carbocycles. The van der Waals surface area contributed by atoms with Crippen molar-refractivity contribution in [3.05, 3.63) is 66.3 Å². The summed E-state index contributed by atoms with van der Waals surface area (Å²) in [6, 6.07) is 7.39. The van der Waals surface area contributed by atoms with Gasteiger partial charge in [-0.15, -0.1) is 0 Å². The van der Waals surface area contributed by atoms with Crippen LogP contribution in [0.5, 0.6) is 0 Å². The third kappa shape index (κ3) is 5.08. The van der Waals surface area contributed by atoms with Crippen molar-refractivity contribution in [1.29, 1.82) is 0 Å². The Balaban J connectivity index is 1.98. The SMILES string of the molecule is O=C(/C=C/C(F)(F)F)NCc1ccccc1Cn1ccnc1. The molecular formula is C15H14F3N3O. The van der Waals surface area contributed by atoms with Crippen LogP contribution in [0.25, 0.3) is 0 Å². The summed E-state index contributed by atoms with van der Waals surface area (Å²) in [5, 5.41) is 2.44. The maximum Gasteiger partial charge on any atom is 0.409 e. The lowest BCUT2D eigenvalue weighted by Crippen LogP contribution is -2.22. The van der Waals surface area contributed by atoms with Crippen molar-refractivity contribution in [2.45, 2.75) is 19.3 Å². The van der Waals surface area contributed by atoms with E-state index in [4.69, 9.17) is 0 Å². The molecule has 1 aromatic carbocycles. The third-order valence-corrected chi connectivity index (χ3v) is 2.91. The summed E-state index contributed by atoms with van der Waals surface area (Å²) >= 11 is 0. The number of allylic oxidation sites excluding steroid dienone is 1. The highest BCUT2D eigenvalue weighted by Gasteiger charge is 2.22. The molecule has 22 heavy (non-hydrogen) atoms. The zero-order valence-corrected chi connectivity index (χ0v) is 11.5. The normalized spacial score (nSPS) is 11.8. The molecule has 0 radical (unpaired) electrons. The number of carbonyl (C=O) groups excluding carboxylic acids is 1. The first kappa shape index (κ1) is 15.8. The highest BCUT2D eigenvalue weighted by Crippen LogP contribution is 2.15. The quantitative estimate of drug-likeness (QED) is 0.863. The Morgan fingerprint density at radius 2 is 2.00 bits per heavy atom. The second-order valence-corrected chi connectivity index (χ2v) is 4.60. The fourth-order valence-electron chi connectivity index (χ4n) is 1.87. The number of amides is 1. The molecule has 116 valence electrons. The van der Waals surface area contributed by atoms with Crippen molar-refractivity contribution in [2.24, 2.45) is 0 Å². The van der Waals surface area contributed by atoms with Gasteiger partial charge in [0.2, 0.25) is 5.91 Å². The maximum absolute atomic E-state index is 12.0. The van der Waals surface area contributed by atoms with Gasteiger partial charge in [-0.25, -0.2) is 4.98 Å². The van der Waals surface area contributed by atoms with Crippen molar-refractivity contribution in [1.82, 2.24) is 14.9 Å². The van der Waals surface area contributed by atoms with Crippen LogP contribution in [-0.2, 0) is 17.9 Å². The van der Waals surface area contributed by atoms with Crippen LogP contribution in [0, 0.1) is 0 Å². The summed E-state index contributed by atoms with van der Waals surface area (Å²) in [6.45, 7) is 0.732. The molecule has 0 atom stereocenters. The van der Waals surface area contributed by atoms with E-state index in [1.165, 1.54) is 0 Å². The van der Waals surface area contributed by atoms with Gasteiger partial charge in [-0.1, -0.05) is 24.3 Å². The molecule has 0 unspecified atom stereocenters. The molecule has 0 saturated heterocycles. The predicted molar refractivity (Wildman–Crippen MR) is 74.8 cm³/mol. The van der Waals surface area contributed by atoms with Gasteiger partial charge in [-0.2, -0.15) is 13.2 Å². The predicted octanol–water partition coefficient (Wildman–Crippen LogP) is 2.67. The molecule has 0 bridgehead atoms. The Morgan fingerprint density at radius 3 is 2.64 bits per heavy atom. The van der Waals surface area contributed by atoms with Crippen molar-refractivity contribution >= 4 is 5.91 Å². The standard InChI is InChI=1S/C15H14F3N3O/c16-15(17,18)6-5-14(22)20-9-12-3-1-2-4-13(12)10-21-8-7-19-11-21/h1-8,11H,9-10H2,(H,20,22)/b6-5+. The summed E-state index contributed by atoms with van der Waals surface area (Å²) in [5.74, 6) is -0.783. The molecule has 0 spiro atoms. The lowest BCUT2D eigenvalue weighted by atomic mass is 10.1. The van der Waals surface area contributed by atoms with E-state index in [-0.39, 0.29) is 12.6 Å². The van der Waals surface area contributed by atoms with Crippen molar-refractivity contribution in [3.8, 4) is 0 Å². The molecule has 2 aromatic rings. The fourth-order valence-corrected chi connectivity index (χ4v) is 1.87. The second kappa shape index (κ2) is 6.93. The Bertz CT molecular complexity index is 648. The average molecular weight is 309 g/mol. The van der Waals surface area contributed by atoms with Gasteiger partial charge in [0, 0.05) is 37.6 Å². The van der Waals surface area contributed by atoms with Gasteiger partial charge in [-0.3, -0.25) is 4.79 Å². The van der Waals surface area contributed by atoms with Crippen molar-refractivity contribution < 1.29 is 18.0 Å². The number of hydrogen-bond acceptors (Lipinski definition) is 2. The first-order valence-corrected chi connectivity index (χ1v) is 6.50. The van der Waals surface area contributed by atoms with Crippen LogP contribution in [0.1, 0.15) is 11.1 Å². The molecule has 2 rings (SSSR count). The number of benzene rings is 1. The summed E-state index contributed by atoms with van der Waals surface area (Å²) in [5.41, 5.74) is 1.80. The van der Waals surface area contributed by atoms with Gasteiger partial charge in [-0.05, 0) is 11.1 Å². The molecule has 1 amide bonds. The van der Waals surface area contributed by atoms with E-state index in [9.17, 15) is 18.0 Å². The van der Waals surface area contributed by atoms with Crippen molar-refractivity contribution in [2.75, 3.05) is 0 Å². The van der Waals surface area contributed by atoms with E-state index in [1.807, 2.05) is 28.8 Å². The van der Waals surface area contributed by atoms with Gasteiger partial charge in [0.15, 0.2) is 0 Å². The molecule has 0 aliphatic heterocycles. The first-order valence-electron chi connectivity index (χ1n) is 6.50. The van der Waals surface area contributed by atoms with E-state index in [0.717, 1.165) is 11.1 Å². The highest BCUT2D eigenvalue weighted by atomic mass is 19.4. The molecular weight excluding hydrogens is 295 g/mol. The lowest BCUT2D eigenvalue weighted by Gasteiger charge is -2.10. The number of imidazole rings is 1. The molecule has 0 aliphatic rings. The second-order valence-electron chi connectivity index (χ2n) is 4.60. The first-order chi connectivity index (χ1) is 10.4. The summed E-state index contributed by atoms with van der Waals surface area (Å²) < 4.78 is 37.8. The zero-order valence-electron chi connectivity index (χ0n) is 11.5. The number of nitrogens with zero attached hydrogens (tertiary/aromatic N) is 2. The number of carbonyl (C=O) groups is 1. The van der Waals surface area contributed by atoms with Crippen LogP contribution in [0.15, 0.2) is 55.1 Å². The number of nitrogens with one attached hydrogen (secondary N) is 1. The zero-order chi connectivity index (χ0) is 16.0. The lowest BCUT2D eigenvalue weighted by molar-refractivity contribution is -0.117. The highest BCUT2D eigenvalue weighted by molar-refractivity contribution is 5.87. The van der Waals surface area contributed by atoms with Gasteiger partial charge < -0.3 is 9.88 Å². The van der Waals surface area contributed by atoms with Crippen LogP contribution in [0.2, 0.25) is 0 Å². The Labute approximate surface area is 125 Å². The fraction of sp³-hybridized carbons (Fsp3) is 0.200. The molecule has 4 nitrogen and oxygen atoms in total. The number of halogens is 3. The minimum atomic E-state index is -4.49. The average Bonchev–Trinajstić information content (AvgIpc) is 2.96. The summed E-state index contributed by atoms with van der Waals surface area (Å²) in [7, 11) is 0. The van der Waals surface area contributed by atoms with Gasteiger partial charge in [0.05, 0.1) is 6.33 Å². The van der Waals surface area contributed by atoms with Crippen LogP contribution in [0.4, 0.5) is 13.2 Å². The monoisotopic (exact) mass is 309 g/mol. The topological polar surface area (TPSA) is 46.9 Å². The van der Waals surface area contributed by atoms with Gasteiger partial charge >= 0.3 is 6.18 Å². The molecule has 0 fully saturated rings. The molecule has 1 aromatic heterocycles. The van der Waals surface area contributed by atoms with E-state index < -0.39 is 12.1 Å². The summed E-state index contributed by atoms with van der Waals surface area (Å²) in [6.07, 6.45) is 1.05. The van der Waals surface area contributed by atoms with Crippen LogP contribution < -0.4 is 5.32 Å². The largest absolute Gasteiger partial charge is 0.409 e. The van der Waals surface area contributed by atoms with Gasteiger partial charge in [0.25, 0.3) is 0 Å². The third-order valence-electron chi connectivity index (χ3n) is 2.91. The number of hydrogen-bond donors (Lipinski definition) is 1. The molecule has 1 heterocycles. The van der Waals surface area contributed by atoms with E-state index in [1.54, 1.807) is 18.7 Å². The smallest absolute Gasteiger partial charge is 0.348 e. The number of aromatic nitrogens is 2. The van der Waals surface area contributed by atoms with Crippen LogP contribution >= 0.6 is 0 Å². The van der Waals surface area contributed by atoms with Crippen LogP contribution in [0.3, 0.4) is 0 Å². The Kier molecular flexibility index (Phi) is 4.98. The minimum Gasteiger partial charge on any atom is -0.348 e. The number of alkyl halides is 3. The van der Waals surface area contributed by atoms with Crippen LogP contribution in [-0.4, -0.2) is 21.6 Å². The van der Waals surface area contributed by atoms with Gasteiger partial charge in [0.1, 0.15) is 0 Å². The van der Waals surface area contributed by atoms with E-state index >= 15 is 0 Å². The van der Waals surface area contributed by atoms with Crippen molar-refractivity contribution in [3.63, 3.8) is 0 Å². The minimum absolute atomic E-state index is 0.0836. The van der Waals surface area contributed by atoms with E-state index in [2.05, 4.69) is 10.3 Å². The Morgan fingerprint density at radius 1 is 1.27 bits per heavy atom. The summed E-state index contributed by atoms with van der Waals surface area (Å²) in [4.78, 5) is 15.3. The number of rotatable bonds is 5. The molecule has 7 heteroatoms. The Hall–Kier alpha value is -2.57. The van der Waals surface area contributed by atoms with E-state index in [0.29, 0.717) is 12.6 Å². The maximum atomic E-state index is 12.0. The molecule has 1 N–H and O–H groups in total. The molecule has 0 saturated carbocycles.